The van der Waals surface area contributed by atoms with Crippen molar-refractivity contribution in [3.63, 3.8) is 0 Å². The topological polar surface area (TPSA) is 78.2 Å². The summed E-state index contributed by atoms with van der Waals surface area (Å²) in [7, 11) is 1.69. The molecule has 0 aliphatic rings. The second-order valence-corrected chi connectivity index (χ2v) is 7.38. The zero-order valence-corrected chi connectivity index (χ0v) is 15.7. The van der Waals surface area contributed by atoms with Crippen LogP contribution in [0, 0.1) is 0 Å². The Morgan fingerprint density at radius 1 is 1.19 bits per heavy atom. The first-order chi connectivity index (χ1) is 13.1. The largest absolute Gasteiger partial charge is 0.431 e. The second-order valence-electron chi connectivity index (χ2n) is 6.01. The Morgan fingerprint density at radius 2 is 2.04 bits per heavy atom. The molecule has 0 aliphatic heterocycles. The predicted octanol–water partition coefficient (Wildman–Crippen LogP) is 3.67. The number of aromatic nitrogens is 5. The Morgan fingerprint density at radius 3 is 2.93 bits per heavy atom. The number of aryl methyl sites for hydroxylation is 1. The van der Waals surface area contributed by atoms with Gasteiger partial charge in [-0.05, 0) is 30.3 Å². The molecule has 134 valence electrons. The van der Waals surface area contributed by atoms with Crippen molar-refractivity contribution in [2.75, 3.05) is 0 Å². The number of halogens is 1. The number of benzene rings is 2. The summed E-state index contributed by atoms with van der Waals surface area (Å²) >= 11 is 7.41. The number of rotatable bonds is 3. The van der Waals surface area contributed by atoms with Crippen LogP contribution in [-0.4, -0.2) is 24.1 Å². The molecule has 0 bridgehead atoms. The number of hydrogen-bond donors (Lipinski definition) is 0. The molecule has 7 nitrogen and oxygen atoms in total. The highest BCUT2D eigenvalue weighted by molar-refractivity contribution is 7.98. The Bertz CT molecular complexity index is 1390. The molecule has 0 atom stereocenters. The molecule has 0 fully saturated rings. The highest BCUT2D eigenvalue weighted by atomic mass is 35.5. The Balaban J connectivity index is 1.58. The molecule has 27 heavy (non-hydrogen) atoms. The lowest BCUT2D eigenvalue weighted by Crippen LogP contribution is -2.20. The molecule has 5 rings (SSSR count). The molecule has 0 aliphatic carbocycles. The van der Waals surface area contributed by atoms with Crippen molar-refractivity contribution >= 4 is 51.1 Å². The molecule has 0 spiro atoms. The summed E-state index contributed by atoms with van der Waals surface area (Å²) in [4.78, 5) is 16.9. The summed E-state index contributed by atoms with van der Waals surface area (Å²) in [6.07, 6.45) is 0. The fraction of sp³-hybridized carbons (Fsp3) is 0.111. The number of fused-ring (bicyclic) bond motifs is 4. The van der Waals surface area contributed by atoms with Gasteiger partial charge in [-0.1, -0.05) is 35.5 Å². The van der Waals surface area contributed by atoms with Crippen molar-refractivity contribution in [2.45, 2.75) is 11.0 Å². The Labute approximate surface area is 161 Å². The normalized spacial score (nSPS) is 11.8. The van der Waals surface area contributed by atoms with E-state index in [0.717, 1.165) is 5.52 Å². The van der Waals surface area contributed by atoms with Crippen molar-refractivity contribution in [2.24, 2.45) is 7.05 Å². The van der Waals surface area contributed by atoms with E-state index < -0.39 is 0 Å². The maximum atomic E-state index is 12.5. The third-order valence-electron chi connectivity index (χ3n) is 4.35. The van der Waals surface area contributed by atoms with Crippen LogP contribution < -0.4 is 5.56 Å². The first-order valence-electron chi connectivity index (χ1n) is 8.12. The monoisotopic (exact) mass is 397 g/mol. The summed E-state index contributed by atoms with van der Waals surface area (Å²) in [5.41, 5.74) is 2.07. The standard InChI is InChI=1S/C18H12ClN5O2S/c1-23-16(25)11-4-2-3-5-13(11)24-15(21-22-17(23)24)9-27-18-20-12-8-10(19)6-7-14(12)26-18/h2-8H,9H2,1H3. The maximum absolute atomic E-state index is 12.5. The van der Waals surface area contributed by atoms with E-state index in [9.17, 15) is 4.79 Å². The fourth-order valence-corrected chi connectivity index (χ4v) is 3.97. The van der Waals surface area contributed by atoms with Crippen LogP contribution in [0.25, 0.3) is 27.8 Å². The molecule has 2 aromatic carbocycles. The average Bonchev–Trinajstić information content (AvgIpc) is 3.28. The second kappa shape index (κ2) is 6.11. The van der Waals surface area contributed by atoms with Crippen LogP contribution >= 0.6 is 23.4 Å². The minimum absolute atomic E-state index is 0.0967. The minimum Gasteiger partial charge on any atom is -0.431 e. The van der Waals surface area contributed by atoms with Crippen LogP contribution in [0.4, 0.5) is 0 Å². The summed E-state index contributed by atoms with van der Waals surface area (Å²) < 4.78 is 9.14. The summed E-state index contributed by atoms with van der Waals surface area (Å²) in [6.45, 7) is 0. The first-order valence-corrected chi connectivity index (χ1v) is 9.49. The van der Waals surface area contributed by atoms with Gasteiger partial charge in [-0.25, -0.2) is 4.98 Å². The van der Waals surface area contributed by atoms with E-state index in [4.69, 9.17) is 16.0 Å². The number of thioether (sulfide) groups is 1. The van der Waals surface area contributed by atoms with E-state index in [1.54, 1.807) is 31.3 Å². The maximum Gasteiger partial charge on any atom is 0.262 e. The first kappa shape index (κ1) is 16.3. The van der Waals surface area contributed by atoms with Crippen LogP contribution in [0.2, 0.25) is 5.02 Å². The number of para-hydroxylation sites is 1. The van der Waals surface area contributed by atoms with Crippen molar-refractivity contribution < 1.29 is 4.42 Å². The van der Waals surface area contributed by atoms with Crippen LogP contribution in [0.5, 0.6) is 0 Å². The van der Waals surface area contributed by atoms with Gasteiger partial charge in [0.25, 0.3) is 10.8 Å². The van der Waals surface area contributed by atoms with E-state index in [2.05, 4.69) is 15.2 Å². The smallest absolute Gasteiger partial charge is 0.262 e. The number of hydrogen-bond acceptors (Lipinski definition) is 6. The van der Waals surface area contributed by atoms with Crippen molar-refractivity contribution in [3.05, 3.63) is 63.7 Å². The summed E-state index contributed by atoms with van der Waals surface area (Å²) in [6, 6.07) is 12.8. The molecule has 0 N–H and O–H groups in total. The van der Waals surface area contributed by atoms with Crippen LogP contribution in [0.15, 0.2) is 56.9 Å². The van der Waals surface area contributed by atoms with Gasteiger partial charge in [0.2, 0.25) is 5.78 Å². The molecule has 0 saturated carbocycles. The minimum atomic E-state index is -0.0967. The molecule has 3 heterocycles. The number of nitrogens with zero attached hydrogens (tertiary/aromatic N) is 5. The van der Waals surface area contributed by atoms with Crippen LogP contribution in [0.3, 0.4) is 0 Å². The van der Waals surface area contributed by atoms with E-state index in [0.29, 0.717) is 44.1 Å². The van der Waals surface area contributed by atoms with Crippen molar-refractivity contribution in [1.82, 2.24) is 24.1 Å². The Hall–Kier alpha value is -2.84. The van der Waals surface area contributed by atoms with E-state index >= 15 is 0 Å². The quantitative estimate of drug-likeness (QED) is 0.432. The number of oxazole rings is 1. The summed E-state index contributed by atoms with van der Waals surface area (Å²) in [5.74, 6) is 1.70. The van der Waals surface area contributed by atoms with Gasteiger partial charge < -0.3 is 4.42 Å². The predicted molar refractivity (Wildman–Crippen MR) is 104 cm³/mol. The highest BCUT2D eigenvalue weighted by Gasteiger charge is 2.16. The molecule has 0 amide bonds. The van der Waals surface area contributed by atoms with Crippen LogP contribution in [0.1, 0.15) is 5.82 Å². The van der Waals surface area contributed by atoms with Crippen molar-refractivity contribution in [1.29, 1.82) is 0 Å². The highest BCUT2D eigenvalue weighted by Crippen LogP contribution is 2.28. The van der Waals surface area contributed by atoms with Gasteiger partial charge in [-0.2, -0.15) is 0 Å². The zero-order valence-electron chi connectivity index (χ0n) is 14.1. The molecule has 3 aromatic heterocycles. The summed E-state index contributed by atoms with van der Waals surface area (Å²) in [5, 5.41) is 10.2. The molecule has 5 aromatic rings. The molecular formula is C18H12ClN5O2S. The van der Waals surface area contributed by atoms with Crippen molar-refractivity contribution in [3.8, 4) is 0 Å². The lowest BCUT2D eigenvalue weighted by atomic mass is 10.2. The van der Waals surface area contributed by atoms with E-state index in [1.165, 1.54) is 16.3 Å². The van der Waals surface area contributed by atoms with Gasteiger partial charge in [-0.15, -0.1) is 10.2 Å². The van der Waals surface area contributed by atoms with E-state index in [1.807, 2.05) is 22.6 Å². The molecule has 0 unspecified atom stereocenters. The molecule has 9 heteroatoms. The van der Waals surface area contributed by atoms with Gasteiger partial charge in [0.15, 0.2) is 5.58 Å². The van der Waals surface area contributed by atoms with Gasteiger partial charge in [0.1, 0.15) is 11.3 Å². The molecular weight excluding hydrogens is 386 g/mol. The van der Waals surface area contributed by atoms with Gasteiger partial charge in [0.05, 0.1) is 16.7 Å². The molecule has 0 saturated heterocycles. The average molecular weight is 398 g/mol. The van der Waals surface area contributed by atoms with Gasteiger partial charge >= 0.3 is 0 Å². The lowest BCUT2D eigenvalue weighted by Gasteiger charge is -2.07. The third-order valence-corrected chi connectivity index (χ3v) is 5.41. The van der Waals surface area contributed by atoms with Gasteiger partial charge in [-0.3, -0.25) is 13.8 Å². The lowest BCUT2D eigenvalue weighted by molar-refractivity contribution is 0.489. The van der Waals surface area contributed by atoms with Crippen LogP contribution in [-0.2, 0) is 12.8 Å². The SMILES string of the molecule is Cn1c(=O)c2ccccc2n2c(CSc3nc4cc(Cl)ccc4o3)nnc12. The fourth-order valence-electron chi connectivity index (χ4n) is 3.05. The third kappa shape index (κ3) is 2.60. The molecule has 0 radical (unpaired) electrons. The Kier molecular flexibility index (Phi) is 3.70. The van der Waals surface area contributed by atoms with E-state index in [-0.39, 0.29) is 5.56 Å². The zero-order chi connectivity index (χ0) is 18.5. The van der Waals surface area contributed by atoms with Gasteiger partial charge in [0, 0.05) is 12.1 Å².